The second-order valence-electron chi connectivity index (χ2n) is 9.86. The van der Waals surface area contributed by atoms with Crippen molar-refractivity contribution in [2.75, 3.05) is 7.11 Å². The molecule has 6 aromatic carbocycles. The molecule has 0 saturated carbocycles. The molecule has 0 aliphatic rings. The van der Waals surface area contributed by atoms with E-state index in [0.29, 0.717) is 0 Å². The molecule has 0 aliphatic heterocycles. The highest BCUT2D eigenvalue weighted by Crippen LogP contribution is 2.43. The van der Waals surface area contributed by atoms with Gasteiger partial charge >= 0.3 is 0 Å². The van der Waals surface area contributed by atoms with E-state index in [0.717, 1.165) is 71.3 Å². The SMILES string of the molecule is COc1ccc(-n2c(-c3ccc(-c4ccccc4)c4nsnc34)nc3c4ccccc4c4ccccc4c32)c(Br)c1. The average molecular weight is 614 g/mol. The minimum atomic E-state index is 0.778. The minimum Gasteiger partial charge on any atom is -0.497 e. The molecule has 0 saturated heterocycles. The summed E-state index contributed by atoms with van der Waals surface area (Å²) in [5, 5.41) is 4.61. The topological polar surface area (TPSA) is 52.8 Å². The Balaban J connectivity index is 1.54. The third-order valence-corrected chi connectivity index (χ3v) is 8.83. The molecular weight excluding hydrogens is 592 g/mol. The predicted octanol–water partition coefficient (Wildman–Crippen LogP) is 9.44. The highest BCUT2D eigenvalue weighted by molar-refractivity contribution is 9.10. The Labute approximate surface area is 248 Å². The van der Waals surface area contributed by atoms with Crippen LogP contribution in [-0.2, 0) is 0 Å². The smallest absolute Gasteiger partial charge is 0.148 e. The maximum atomic E-state index is 5.53. The number of imidazole rings is 1. The van der Waals surface area contributed by atoms with Crippen LogP contribution in [0.3, 0.4) is 0 Å². The van der Waals surface area contributed by atoms with Gasteiger partial charge in [0, 0.05) is 26.4 Å². The predicted molar refractivity (Wildman–Crippen MR) is 172 cm³/mol. The molecule has 0 N–H and O–H groups in total. The Morgan fingerprint density at radius 2 is 1.29 bits per heavy atom. The summed E-state index contributed by atoms with van der Waals surface area (Å²) < 4.78 is 18.2. The van der Waals surface area contributed by atoms with Gasteiger partial charge in [-0.2, -0.15) is 8.75 Å². The Morgan fingerprint density at radius 3 is 2.02 bits per heavy atom. The first-order chi connectivity index (χ1) is 20.2. The van der Waals surface area contributed by atoms with Gasteiger partial charge in [-0.25, -0.2) is 4.98 Å². The van der Waals surface area contributed by atoms with E-state index < -0.39 is 0 Å². The highest BCUT2D eigenvalue weighted by atomic mass is 79.9. The summed E-state index contributed by atoms with van der Waals surface area (Å²) in [5.41, 5.74) is 7.77. The molecule has 5 nitrogen and oxygen atoms in total. The van der Waals surface area contributed by atoms with Crippen molar-refractivity contribution in [3.05, 3.63) is 114 Å². The van der Waals surface area contributed by atoms with Gasteiger partial charge < -0.3 is 4.74 Å². The lowest BCUT2D eigenvalue weighted by Gasteiger charge is -2.15. The van der Waals surface area contributed by atoms with Gasteiger partial charge in [0.05, 0.1) is 35.6 Å². The standard InChI is InChI=1S/C34H21BrN4OS/c1-40-21-15-18-29(28(35)19-21)39-33-26-14-8-6-12-24(26)23-11-5-7-13-25(23)32(33)36-34(39)27-17-16-22(20-9-3-2-4-10-20)30-31(27)38-41-37-30/h2-19H,1H3. The molecule has 0 atom stereocenters. The van der Waals surface area contributed by atoms with Gasteiger partial charge in [-0.1, -0.05) is 84.9 Å². The van der Waals surface area contributed by atoms with Gasteiger partial charge in [0.2, 0.25) is 0 Å². The van der Waals surface area contributed by atoms with Crippen LogP contribution in [0.4, 0.5) is 0 Å². The number of halogens is 1. The lowest BCUT2D eigenvalue weighted by Crippen LogP contribution is -2.00. The first kappa shape index (κ1) is 24.2. The zero-order chi connectivity index (χ0) is 27.5. The van der Waals surface area contributed by atoms with Gasteiger partial charge in [-0.15, -0.1) is 0 Å². The van der Waals surface area contributed by atoms with E-state index in [4.69, 9.17) is 18.5 Å². The van der Waals surface area contributed by atoms with Crippen LogP contribution >= 0.6 is 27.7 Å². The maximum absolute atomic E-state index is 5.53. The number of nitrogens with zero attached hydrogens (tertiary/aromatic N) is 4. The van der Waals surface area contributed by atoms with Gasteiger partial charge in [0.1, 0.15) is 22.6 Å². The van der Waals surface area contributed by atoms with Crippen LogP contribution in [0.1, 0.15) is 0 Å². The van der Waals surface area contributed by atoms with Crippen molar-refractivity contribution in [3.8, 4) is 34.0 Å². The molecule has 2 heterocycles. The number of benzene rings is 6. The van der Waals surface area contributed by atoms with Gasteiger partial charge in [-0.3, -0.25) is 4.57 Å². The molecule has 0 bridgehead atoms. The molecule has 196 valence electrons. The minimum absolute atomic E-state index is 0.778. The zero-order valence-electron chi connectivity index (χ0n) is 21.9. The van der Waals surface area contributed by atoms with Gasteiger partial charge in [0.15, 0.2) is 0 Å². The average Bonchev–Trinajstić information content (AvgIpc) is 3.67. The normalized spacial score (nSPS) is 11.7. The summed E-state index contributed by atoms with van der Waals surface area (Å²) in [6, 6.07) is 37.7. The molecule has 0 aliphatic carbocycles. The monoisotopic (exact) mass is 612 g/mol. The second-order valence-corrected chi connectivity index (χ2v) is 11.2. The number of aromatic nitrogens is 4. The van der Waals surface area contributed by atoms with Crippen LogP contribution in [0, 0.1) is 0 Å². The molecule has 8 aromatic rings. The van der Waals surface area contributed by atoms with Crippen molar-refractivity contribution in [1.82, 2.24) is 18.3 Å². The van der Waals surface area contributed by atoms with Crippen molar-refractivity contribution in [2.45, 2.75) is 0 Å². The first-order valence-corrected chi connectivity index (χ1v) is 14.7. The molecule has 0 radical (unpaired) electrons. The highest BCUT2D eigenvalue weighted by Gasteiger charge is 2.24. The van der Waals surface area contributed by atoms with Gasteiger partial charge in [-0.05, 0) is 56.5 Å². The summed E-state index contributed by atoms with van der Waals surface area (Å²) in [4.78, 5) is 5.40. The fourth-order valence-corrected chi connectivity index (χ4v) is 6.92. The lowest BCUT2D eigenvalue weighted by atomic mass is 10.00. The van der Waals surface area contributed by atoms with E-state index in [9.17, 15) is 0 Å². The summed E-state index contributed by atoms with van der Waals surface area (Å²) in [6.07, 6.45) is 0. The Bertz CT molecular complexity index is 2270. The zero-order valence-corrected chi connectivity index (χ0v) is 24.3. The van der Waals surface area contributed by atoms with Crippen molar-refractivity contribution in [3.63, 3.8) is 0 Å². The molecule has 7 heteroatoms. The van der Waals surface area contributed by atoms with Gasteiger partial charge in [0.25, 0.3) is 0 Å². The quantitative estimate of drug-likeness (QED) is 0.186. The van der Waals surface area contributed by atoms with Crippen LogP contribution in [0.25, 0.3) is 71.8 Å². The molecular formula is C34H21BrN4OS. The number of fused-ring (bicyclic) bond motifs is 7. The largest absolute Gasteiger partial charge is 0.497 e. The Morgan fingerprint density at radius 1 is 0.659 bits per heavy atom. The van der Waals surface area contributed by atoms with Crippen LogP contribution in [0.15, 0.2) is 114 Å². The van der Waals surface area contributed by atoms with E-state index in [1.807, 2.05) is 30.3 Å². The Hall–Kier alpha value is -4.59. The fourth-order valence-electron chi connectivity index (χ4n) is 5.81. The number of hydrogen-bond donors (Lipinski definition) is 0. The van der Waals surface area contributed by atoms with Crippen molar-refractivity contribution >= 4 is 71.3 Å². The number of ether oxygens (including phenoxy) is 1. The summed E-state index contributed by atoms with van der Waals surface area (Å²) in [6.45, 7) is 0. The summed E-state index contributed by atoms with van der Waals surface area (Å²) in [5.74, 6) is 1.59. The number of methoxy groups -OCH3 is 1. The van der Waals surface area contributed by atoms with Crippen molar-refractivity contribution in [2.24, 2.45) is 0 Å². The Kier molecular flexibility index (Phi) is 5.62. The number of rotatable bonds is 4. The lowest BCUT2D eigenvalue weighted by molar-refractivity contribution is 0.414. The summed E-state index contributed by atoms with van der Waals surface area (Å²) >= 11 is 5.08. The van der Waals surface area contributed by atoms with Crippen LogP contribution in [0.5, 0.6) is 5.75 Å². The van der Waals surface area contributed by atoms with E-state index in [-0.39, 0.29) is 0 Å². The van der Waals surface area contributed by atoms with E-state index in [1.165, 1.54) is 22.5 Å². The number of hydrogen-bond acceptors (Lipinski definition) is 5. The molecule has 2 aromatic heterocycles. The van der Waals surface area contributed by atoms with Crippen LogP contribution < -0.4 is 4.74 Å². The van der Waals surface area contributed by atoms with Crippen LogP contribution in [-0.4, -0.2) is 25.4 Å². The molecule has 0 spiro atoms. The third kappa shape index (κ3) is 3.70. The fraction of sp³-hybridized carbons (Fsp3) is 0.0294. The molecule has 0 amide bonds. The summed E-state index contributed by atoms with van der Waals surface area (Å²) in [7, 11) is 1.68. The van der Waals surface area contributed by atoms with Crippen LogP contribution in [0.2, 0.25) is 0 Å². The maximum Gasteiger partial charge on any atom is 0.148 e. The molecule has 0 unspecified atom stereocenters. The molecule has 0 fully saturated rings. The van der Waals surface area contributed by atoms with Crippen molar-refractivity contribution in [1.29, 1.82) is 0 Å². The second kappa shape index (κ2) is 9.51. The molecule has 8 rings (SSSR count). The molecule has 41 heavy (non-hydrogen) atoms. The van der Waals surface area contributed by atoms with E-state index in [1.54, 1.807) is 7.11 Å². The van der Waals surface area contributed by atoms with E-state index in [2.05, 4.69) is 99.4 Å². The van der Waals surface area contributed by atoms with E-state index >= 15 is 0 Å². The first-order valence-electron chi connectivity index (χ1n) is 13.2. The third-order valence-electron chi connectivity index (χ3n) is 7.67. The van der Waals surface area contributed by atoms with Crippen molar-refractivity contribution < 1.29 is 4.74 Å².